The van der Waals surface area contributed by atoms with Crippen LogP contribution in [0, 0.1) is 16.2 Å². The minimum atomic E-state index is -5.70. The molecule has 0 heterocycles. The van der Waals surface area contributed by atoms with Crippen molar-refractivity contribution in [1.82, 2.24) is 4.72 Å². The molecule has 0 saturated heterocycles. The van der Waals surface area contributed by atoms with Crippen molar-refractivity contribution in [1.29, 1.82) is 0 Å². The van der Waals surface area contributed by atoms with Crippen LogP contribution in [0.15, 0.2) is 0 Å². The van der Waals surface area contributed by atoms with Gasteiger partial charge in [0.1, 0.15) is 0 Å². The first kappa shape index (κ1) is 20.2. The van der Waals surface area contributed by atoms with Gasteiger partial charge in [-0.3, -0.25) is 4.79 Å². The van der Waals surface area contributed by atoms with E-state index in [4.69, 9.17) is 0 Å². The summed E-state index contributed by atoms with van der Waals surface area (Å²) >= 11 is 0. The van der Waals surface area contributed by atoms with Gasteiger partial charge in [0.15, 0.2) is 0 Å². The Labute approximate surface area is 124 Å². The fourth-order valence-electron chi connectivity index (χ4n) is 2.04. The predicted molar refractivity (Wildman–Crippen MR) is 74.8 cm³/mol. The van der Waals surface area contributed by atoms with E-state index in [0.29, 0.717) is 0 Å². The minimum absolute atomic E-state index is 0.239. The van der Waals surface area contributed by atoms with Gasteiger partial charge in [-0.2, -0.15) is 21.6 Å². The third-order valence-corrected chi connectivity index (χ3v) is 4.64. The zero-order chi connectivity index (χ0) is 17.5. The van der Waals surface area contributed by atoms with Gasteiger partial charge in [-0.15, -0.1) is 0 Å². The van der Waals surface area contributed by atoms with Crippen LogP contribution in [0.2, 0.25) is 0 Å². The first-order valence-electron chi connectivity index (χ1n) is 6.47. The van der Waals surface area contributed by atoms with Crippen LogP contribution in [0.25, 0.3) is 0 Å². The average Bonchev–Trinajstić information content (AvgIpc) is 2.09. The lowest BCUT2D eigenvalue weighted by molar-refractivity contribution is -0.137. The van der Waals surface area contributed by atoms with E-state index < -0.39 is 32.3 Å². The maximum atomic E-state index is 12.4. The molecule has 0 saturated carbocycles. The Morgan fingerprint density at radius 3 is 1.57 bits per heavy atom. The monoisotopic (exact) mass is 331 g/mol. The molecule has 0 fully saturated rings. The Hall–Kier alpha value is -0.790. The molecule has 8 heteroatoms. The number of rotatable bonds is 3. The van der Waals surface area contributed by atoms with Crippen LogP contribution in [-0.2, 0) is 14.8 Å². The van der Waals surface area contributed by atoms with Crippen molar-refractivity contribution in [2.75, 3.05) is 0 Å². The van der Waals surface area contributed by atoms with Gasteiger partial charge in [0.05, 0.1) is 5.41 Å². The molecule has 0 aromatic rings. The van der Waals surface area contributed by atoms with Gasteiger partial charge in [0.25, 0.3) is 0 Å². The minimum Gasteiger partial charge on any atom is -0.273 e. The van der Waals surface area contributed by atoms with Crippen molar-refractivity contribution in [3.8, 4) is 0 Å². The molecule has 0 spiro atoms. The van der Waals surface area contributed by atoms with E-state index in [1.165, 1.54) is 11.6 Å². The summed E-state index contributed by atoms with van der Waals surface area (Å²) in [5.74, 6) is -1.14. The quantitative estimate of drug-likeness (QED) is 0.861. The number of sulfonamides is 1. The third kappa shape index (κ3) is 4.86. The topological polar surface area (TPSA) is 63.2 Å². The number of halogens is 3. The lowest BCUT2D eigenvalue weighted by Gasteiger charge is -2.44. The molecule has 126 valence electrons. The summed E-state index contributed by atoms with van der Waals surface area (Å²) in [6.07, 6.45) is 0.239. The maximum absolute atomic E-state index is 12.4. The van der Waals surface area contributed by atoms with E-state index in [0.717, 1.165) is 0 Å². The van der Waals surface area contributed by atoms with Crippen molar-refractivity contribution in [2.45, 2.75) is 60.4 Å². The molecule has 0 bridgehead atoms. The number of carbonyl (C=O) groups excluding carboxylic acids is 1. The van der Waals surface area contributed by atoms with Crippen molar-refractivity contribution in [3.05, 3.63) is 0 Å². The molecule has 0 aromatic carbocycles. The summed E-state index contributed by atoms with van der Waals surface area (Å²) in [5.41, 5.74) is -7.86. The number of carbonyl (C=O) groups is 1. The molecule has 1 unspecified atom stereocenters. The zero-order valence-electron chi connectivity index (χ0n) is 13.5. The zero-order valence-corrected chi connectivity index (χ0v) is 14.3. The summed E-state index contributed by atoms with van der Waals surface area (Å²) in [5, 5.41) is 0. The highest BCUT2D eigenvalue weighted by molar-refractivity contribution is 7.90. The van der Waals surface area contributed by atoms with Gasteiger partial charge >= 0.3 is 15.5 Å². The fraction of sp³-hybridized carbons (Fsp3) is 0.923. The van der Waals surface area contributed by atoms with Gasteiger partial charge < -0.3 is 0 Å². The van der Waals surface area contributed by atoms with Gasteiger partial charge in [-0.25, -0.2) is 4.72 Å². The van der Waals surface area contributed by atoms with Crippen molar-refractivity contribution < 1.29 is 26.4 Å². The molecule has 0 aliphatic heterocycles. The van der Waals surface area contributed by atoms with Crippen molar-refractivity contribution in [2.24, 2.45) is 16.2 Å². The number of alkyl halides is 3. The Kier molecular flexibility index (Phi) is 5.24. The second-order valence-electron chi connectivity index (χ2n) is 7.70. The van der Waals surface area contributed by atoms with Gasteiger partial charge in [0, 0.05) is 0 Å². The first-order valence-corrected chi connectivity index (χ1v) is 7.95. The smallest absolute Gasteiger partial charge is 0.273 e. The molecule has 1 atom stereocenters. The second kappa shape index (κ2) is 5.44. The molecular weight excluding hydrogens is 307 g/mol. The normalized spacial score (nSPS) is 17.2. The summed E-state index contributed by atoms with van der Waals surface area (Å²) in [7, 11) is -5.70. The van der Waals surface area contributed by atoms with Crippen LogP contribution < -0.4 is 4.72 Å². The predicted octanol–water partition coefficient (Wildman–Crippen LogP) is 3.44. The van der Waals surface area contributed by atoms with E-state index in [9.17, 15) is 26.4 Å². The Bertz CT molecular complexity index is 498. The molecule has 1 amide bonds. The molecule has 4 nitrogen and oxygen atoms in total. The molecule has 0 aliphatic rings. The summed E-state index contributed by atoms with van der Waals surface area (Å²) in [6, 6.07) is 0. The van der Waals surface area contributed by atoms with Crippen LogP contribution in [0.1, 0.15) is 54.9 Å². The maximum Gasteiger partial charge on any atom is 0.516 e. The number of nitrogens with one attached hydrogen (secondary N) is 1. The summed E-state index contributed by atoms with van der Waals surface area (Å²) < 4.78 is 60.7. The molecule has 1 N–H and O–H groups in total. The van der Waals surface area contributed by atoms with Crippen molar-refractivity contribution >= 4 is 15.9 Å². The number of hydrogen-bond donors (Lipinski definition) is 1. The Morgan fingerprint density at radius 2 is 1.33 bits per heavy atom. The van der Waals surface area contributed by atoms with E-state index in [1.807, 2.05) is 20.8 Å². The van der Waals surface area contributed by atoms with Gasteiger partial charge in [-0.1, -0.05) is 48.5 Å². The molecule has 0 rings (SSSR count). The lowest BCUT2D eigenvalue weighted by Crippen LogP contribution is -2.52. The number of hydrogen-bond acceptors (Lipinski definition) is 3. The largest absolute Gasteiger partial charge is 0.516 e. The standard InChI is InChI=1S/C13H24F3NO3S/c1-10(2,3)8-12(7,11(4,5)6)9(18)17-21(19,20)13(14,15)16/h8H2,1-7H3,(H,17,18). The highest BCUT2D eigenvalue weighted by Crippen LogP contribution is 2.47. The molecule has 21 heavy (non-hydrogen) atoms. The van der Waals surface area contributed by atoms with E-state index >= 15 is 0 Å². The Morgan fingerprint density at radius 1 is 0.952 bits per heavy atom. The second-order valence-corrected chi connectivity index (χ2v) is 9.37. The Balaban J connectivity index is 5.66. The summed E-state index contributed by atoms with van der Waals surface area (Å²) in [6.45, 7) is 12.1. The van der Waals surface area contributed by atoms with Crippen molar-refractivity contribution in [3.63, 3.8) is 0 Å². The molecule has 0 aromatic heterocycles. The molecule has 0 aliphatic carbocycles. The lowest BCUT2D eigenvalue weighted by atomic mass is 9.61. The van der Waals surface area contributed by atoms with E-state index in [1.54, 1.807) is 20.8 Å². The van der Waals surface area contributed by atoms with E-state index in [2.05, 4.69) is 0 Å². The molecule has 0 radical (unpaired) electrons. The SMILES string of the molecule is CC(C)(C)CC(C)(C(=O)NS(=O)(=O)C(F)(F)F)C(C)(C)C. The fourth-order valence-corrected chi connectivity index (χ4v) is 2.62. The van der Waals surface area contributed by atoms with Gasteiger partial charge in [0.2, 0.25) is 5.91 Å². The summed E-state index contributed by atoms with van der Waals surface area (Å²) in [4.78, 5) is 12.3. The van der Waals surface area contributed by atoms with Crippen LogP contribution in [-0.4, -0.2) is 19.8 Å². The molecular formula is C13H24F3NO3S. The van der Waals surface area contributed by atoms with E-state index in [-0.39, 0.29) is 11.8 Å². The first-order chi connectivity index (χ1) is 8.83. The van der Waals surface area contributed by atoms with Crippen LogP contribution in [0.5, 0.6) is 0 Å². The average molecular weight is 331 g/mol. The van der Waals surface area contributed by atoms with Crippen LogP contribution in [0.4, 0.5) is 13.2 Å². The highest BCUT2D eigenvalue weighted by atomic mass is 32.2. The highest BCUT2D eigenvalue weighted by Gasteiger charge is 2.52. The third-order valence-electron chi connectivity index (χ3n) is 3.57. The van der Waals surface area contributed by atoms with Gasteiger partial charge in [-0.05, 0) is 17.3 Å². The van der Waals surface area contributed by atoms with Crippen LogP contribution >= 0.6 is 0 Å². The van der Waals surface area contributed by atoms with Crippen LogP contribution in [0.3, 0.4) is 0 Å². The number of amides is 1.